The molecule has 18 heavy (non-hydrogen) atoms. The molecule has 2 heterocycles. The first-order valence-electron chi connectivity index (χ1n) is 6.05. The van der Waals surface area contributed by atoms with Gasteiger partial charge in [0, 0.05) is 18.3 Å². The standard InChI is InChI=1S/C12H18ClN5/c1-5-10(13)12-8(2)16-18(9(12)3)6-11-14-7-15-17(11)4/h7,10H,5-6H2,1-4H3. The maximum absolute atomic E-state index is 6.34. The topological polar surface area (TPSA) is 48.5 Å². The predicted octanol–water partition coefficient (Wildman–Crippen LogP) is 2.37. The number of hydrogen-bond donors (Lipinski definition) is 0. The normalized spacial score (nSPS) is 12.9. The van der Waals surface area contributed by atoms with Crippen LogP contribution in [0.25, 0.3) is 0 Å². The fourth-order valence-corrected chi connectivity index (χ4v) is 2.44. The Morgan fingerprint density at radius 3 is 2.67 bits per heavy atom. The minimum Gasteiger partial charge on any atom is -0.262 e. The molecule has 0 aliphatic heterocycles. The molecule has 0 aromatic carbocycles. The van der Waals surface area contributed by atoms with Crippen molar-refractivity contribution in [2.24, 2.45) is 7.05 Å². The molecule has 2 aromatic rings. The fourth-order valence-electron chi connectivity index (χ4n) is 2.12. The van der Waals surface area contributed by atoms with Gasteiger partial charge in [0.1, 0.15) is 18.7 Å². The van der Waals surface area contributed by atoms with Crippen LogP contribution >= 0.6 is 11.6 Å². The first-order chi connectivity index (χ1) is 8.54. The first kappa shape index (κ1) is 13.1. The lowest BCUT2D eigenvalue weighted by Crippen LogP contribution is -2.10. The number of halogens is 1. The molecule has 0 fully saturated rings. The molecule has 0 radical (unpaired) electrons. The Balaban J connectivity index is 2.33. The number of alkyl halides is 1. The van der Waals surface area contributed by atoms with Gasteiger partial charge >= 0.3 is 0 Å². The second-order valence-corrected chi connectivity index (χ2v) is 4.94. The summed E-state index contributed by atoms with van der Waals surface area (Å²) in [6.07, 6.45) is 2.46. The average molecular weight is 268 g/mol. The number of rotatable bonds is 4. The van der Waals surface area contributed by atoms with E-state index in [0.717, 1.165) is 29.2 Å². The first-order valence-corrected chi connectivity index (χ1v) is 6.49. The summed E-state index contributed by atoms with van der Waals surface area (Å²) in [6.45, 7) is 6.75. The van der Waals surface area contributed by atoms with Crippen LogP contribution in [0.3, 0.4) is 0 Å². The molecular formula is C12H18ClN5. The van der Waals surface area contributed by atoms with E-state index in [9.17, 15) is 0 Å². The molecule has 1 unspecified atom stereocenters. The summed E-state index contributed by atoms with van der Waals surface area (Å²) >= 11 is 6.34. The maximum atomic E-state index is 6.34. The van der Waals surface area contributed by atoms with Crippen LogP contribution in [0.2, 0.25) is 0 Å². The fraction of sp³-hybridized carbons (Fsp3) is 0.583. The van der Waals surface area contributed by atoms with Crippen molar-refractivity contribution in [3.05, 3.63) is 29.1 Å². The zero-order valence-electron chi connectivity index (χ0n) is 11.2. The van der Waals surface area contributed by atoms with Crippen LogP contribution in [0.4, 0.5) is 0 Å². The highest BCUT2D eigenvalue weighted by atomic mass is 35.5. The van der Waals surface area contributed by atoms with Gasteiger partial charge in [-0.3, -0.25) is 9.36 Å². The molecule has 0 bridgehead atoms. The van der Waals surface area contributed by atoms with Crippen molar-refractivity contribution in [3.63, 3.8) is 0 Å². The van der Waals surface area contributed by atoms with Crippen LogP contribution in [0.5, 0.6) is 0 Å². The Morgan fingerprint density at radius 1 is 1.39 bits per heavy atom. The highest BCUT2D eigenvalue weighted by Gasteiger charge is 2.18. The second kappa shape index (κ2) is 5.10. The Morgan fingerprint density at radius 2 is 2.11 bits per heavy atom. The van der Waals surface area contributed by atoms with Crippen LogP contribution in [-0.4, -0.2) is 24.5 Å². The SMILES string of the molecule is CCC(Cl)c1c(C)nn(Cc2ncnn2C)c1C. The highest BCUT2D eigenvalue weighted by molar-refractivity contribution is 6.20. The van der Waals surface area contributed by atoms with Crippen molar-refractivity contribution in [1.29, 1.82) is 0 Å². The van der Waals surface area contributed by atoms with Gasteiger partial charge in [-0.1, -0.05) is 6.92 Å². The summed E-state index contributed by atoms with van der Waals surface area (Å²) in [5, 5.41) is 8.63. The number of nitrogens with zero attached hydrogens (tertiary/aromatic N) is 5. The summed E-state index contributed by atoms with van der Waals surface area (Å²) in [5.41, 5.74) is 3.25. The number of aryl methyl sites for hydroxylation is 2. The Hall–Kier alpha value is -1.36. The lowest BCUT2D eigenvalue weighted by atomic mass is 10.1. The van der Waals surface area contributed by atoms with Crippen LogP contribution in [-0.2, 0) is 13.6 Å². The van der Waals surface area contributed by atoms with Crippen molar-refractivity contribution in [3.8, 4) is 0 Å². The maximum Gasteiger partial charge on any atom is 0.148 e. The third-order valence-electron chi connectivity index (χ3n) is 3.21. The molecule has 0 N–H and O–H groups in total. The third kappa shape index (κ3) is 2.27. The van der Waals surface area contributed by atoms with Gasteiger partial charge in [-0.05, 0) is 20.3 Å². The van der Waals surface area contributed by atoms with Crippen molar-refractivity contribution >= 4 is 11.6 Å². The van der Waals surface area contributed by atoms with Crippen LogP contribution in [0, 0.1) is 13.8 Å². The van der Waals surface area contributed by atoms with Gasteiger partial charge in [0.15, 0.2) is 0 Å². The summed E-state index contributed by atoms with van der Waals surface area (Å²) in [6, 6.07) is 0. The molecule has 0 aliphatic rings. The molecule has 1 atom stereocenters. The smallest absolute Gasteiger partial charge is 0.148 e. The molecule has 0 saturated carbocycles. The number of hydrogen-bond acceptors (Lipinski definition) is 3. The van der Waals surface area contributed by atoms with Gasteiger partial charge in [-0.25, -0.2) is 4.98 Å². The van der Waals surface area contributed by atoms with E-state index in [1.165, 1.54) is 0 Å². The Kier molecular flexibility index (Phi) is 3.71. The largest absolute Gasteiger partial charge is 0.262 e. The predicted molar refractivity (Wildman–Crippen MR) is 70.7 cm³/mol. The molecular weight excluding hydrogens is 250 g/mol. The van der Waals surface area contributed by atoms with Gasteiger partial charge in [-0.15, -0.1) is 11.6 Å². The summed E-state index contributed by atoms with van der Waals surface area (Å²) < 4.78 is 3.70. The van der Waals surface area contributed by atoms with Gasteiger partial charge in [0.2, 0.25) is 0 Å². The number of aromatic nitrogens is 5. The molecule has 2 aromatic heterocycles. The quantitative estimate of drug-likeness (QED) is 0.799. The van der Waals surface area contributed by atoms with E-state index in [0.29, 0.717) is 6.54 Å². The van der Waals surface area contributed by atoms with Crippen molar-refractivity contribution in [2.45, 2.75) is 39.1 Å². The van der Waals surface area contributed by atoms with Gasteiger partial charge in [0.05, 0.1) is 11.1 Å². The molecule has 98 valence electrons. The molecule has 0 spiro atoms. The second-order valence-electron chi connectivity index (χ2n) is 4.42. The third-order valence-corrected chi connectivity index (χ3v) is 3.73. The van der Waals surface area contributed by atoms with Crippen molar-refractivity contribution in [1.82, 2.24) is 24.5 Å². The molecule has 0 saturated heterocycles. The Bertz CT molecular complexity index is 543. The zero-order valence-corrected chi connectivity index (χ0v) is 11.9. The van der Waals surface area contributed by atoms with Crippen molar-refractivity contribution < 1.29 is 0 Å². The minimum atomic E-state index is 0.0262. The van der Waals surface area contributed by atoms with E-state index in [4.69, 9.17) is 11.6 Å². The van der Waals surface area contributed by atoms with E-state index in [-0.39, 0.29) is 5.38 Å². The lowest BCUT2D eigenvalue weighted by molar-refractivity contribution is 0.592. The highest BCUT2D eigenvalue weighted by Crippen LogP contribution is 2.29. The van der Waals surface area contributed by atoms with E-state index < -0.39 is 0 Å². The van der Waals surface area contributed by atoms with E-state index in [1.807, 2.05) is 18.7 Å². The Labute approximate surface area is 112 Å². The molecule has 5 nitrogen and oxygen atoms in total. The van der Waals surface area contributed by atoms with Crippen molar-refractivity contribution in [2.75, 3.05) is 0 Å². The molecule has 2 rings (SSSR count). The van der Waals surface area contributed by atoms with E-state index >= 15 is 0 Å². The molecule has 6 heteroatoms. The minimum absolute atomic E-state index is 0.0262. The van der Waals surface area contributed by atoms with Crippen LogP contribution < -0.4 is 0 Å². The molecule has 0 amide bonds. The summed E-state index contributed by atoms with van der Waals surface area (Å²) in [5.74, 6) is 0.884. The zero-order chi connectivity index (χ0) is 13.3. The van der Waals surface area contributed by atoms with E-state index in [2.05, 4.69) is 29.0 Å². The molecule has 0 aliphatic carbocycles. The van der Waals surface area contributed by atoms with E-state index in [1.54, 1.807) is 11.0 Å². The monoisotopic (exact) mass is 267 g/mol. The van der Waals surface area contributed by atoms with Gasteiger partial charge < -0.3 is 0 Å². The van der Waals surface area contributed by atoms with Gasteiger partial charge in [0.25, 0.3) is 0 Å². The van der Waals surface area contributed by atoms with Crippen LogP contribution in [0.15, 0.2) is 6.33 Å². The average Bonchev–Trinajstić information content (AvgIpc) is 2.85. The summed E-state index contributed by atoms with van der Waals surface area (Å²) in [7, 11) is 1.88. The lowest BCUT2D eigenvalue weighted by Gasteiger charge is -2.08. The summed E-state index contributed by atoms with van der Waals surface area (Å²) in [4.78, 5) is 4.21. The van der Waals surface area contributed by atoms with Gasteiger partial charge in [-0.2, -0.15) is 10.2 Å². The van der Waals surface area contributed by atoms with Crippen LogP contribution in [0.1, 0.15) is 41.5 Å².